The number of rotatable bonds is 2. The number of benzene rings is 2. The van der Waals surface area contributed by atoms with Crippen molar-refractivity contribution in [3.05, 3.63) is 59.2 Å². The van der Waals surface area contributed by atoms with Gasteiger partial charge in [-0.3, -0.25) is 4.79 Å². The molecule has 0 saturated heterocycles. The fraction of sp³-hybridized carbons (Fsp3) is 0.211. The molecule has 0 aliphatic heterocycles. The molecule has 0 amide bonds. The molecular weight excluding hydrogens is 276 g/mol. The van der Waals surface area contributed by atoms with E-state index >= 15 is 0 Å². The maximum Gasteiger partial charge on any atom is 0.150 e. The first-order valence-corrected chi connectivity index (χ1v) is 7.51. The lowest BCUT2D eigenvalue weighted by Gasteiger charge is -2.35. The smallest absolute Gasteiger partial charge is 0.150 e. The maximum absolute atomic E-state index is 11.0. The van der Waals surface area contributed by atoms with Crippen molar-refractivity contribution in [2.24, 2.45) is 0 Å². The van der Waals surface area contributed by atoms with Crippen molar-refractivity contribution in [1.29, 1.82) is 0 Å². The molecule has 2 bridgehead atoms. The highest BCUT2D eigenvalue weighted by atomic mass is 16.3. The molecule has 0 spiro atoms. The third kappa shape index (κ3) is 1.78. The first-order chi connectivity index (χ1) is 10.7. The summed E-state index contributed by atoms with van der Waals surface area (Å²) >= 11 is 0. The number of aldehydes is 1. The molecule has 2 aromatic carbocycles. The van der Waals surface area contributed by atoms with Crippen LogP contribution in [0.4, 0.5) is 0 Å². The van der Waals surface area contributed by atoms with Crippen LogP contribution in [0.1, 0.15) is 46.2 Å². The zero-order valence-electron chi connectivity index (χ0n) is 12.0. The van der Waals surface area contributed by atoms with E-state index in [-0.39, 0.29) is 23.3 Å². The minimum atomic E-state index is 0.167. The SMILES string of the molecule is O=Cc1cccc(-c2cc(O)c3c(c2O)C2C=CC3CC2)c1. The van der Waals surface area contributed by atoms with Crippen LogP contribution in [0.15, 0.2) is 42.5 Å². The zero-order valence-corrected chi connectivity index (χ0v) is 12.0. The minimum Gasteiger partial charge on any atom is -0.508 e. The predicted octanol–water partition coefficient (Wildman–Crippen LogP) is 4.11. The van der Waals surface area contributed by atoms with Gasteiger partial charge in [-0.05, 0) is 30.5 Å². The van der Waals surface area contributed by atoms with Crippen molar-refractivity contribution in [1.82, 2.24) is 0 Å². The number of hydrogen-bond donors (Lipinski definition) is 2. The van der Waals surface area contributed by atoms with Crippen molar-refractivity contribution in [3.8, 4) is 22.6 Å². The molecule has 2 N–H and O–H groups in total. The third-order valence-electron chi connectivity index (χ3n) is 4.80. The van der Waals surface area contributed by atoms with Crippen LogP contribution >= 0.6 is 0 Å². The fourth-order valence-electron chi connectivity index (χ4n) is 3.76. The van der Waals surface area contributed by atoms with Crippen LogP contribution in [0, 0.1) is 0 Å². The molecule has 0 radical (unpaired) electrons. The van der Waals surface area contributed by atoms with Gasteiger partial charge in [0.15, 0.2) is 0 Å². The van der Waals surface area contributed by atoms with Gasteiger partial charge < -0.3 is 10.2 Å². The van der Waals surface area contributed by atoms with E-state index in [1.165, 1.54) is 0 Å². The number of allylic oxidation sites excluding steroid dienone is 2. The number of hydrogen-bond acceptors (Lipinski definition) is 3. The normalized spacial score (nSPS) is 21.6. The quantitative estimate of drug-likeness (QED) is 0.497. The molecule has 3 aliphatic rings. The van der Waals surface area contributed by atoms with Crippen molar-refractivity contribution in [2.75, 3.05) is 0 Å². The Morgan fingerprint density at radius 1 is 1.00 bits per heavy atom. The first-order valence-electron chi connectivity index (χ1n) is 7.51. The molecule has 0 aromatic heterocycles. The van der Waals surface area contributed by atoms with Crippen LogP contribution in [-0.4, -0.2) is 16.5 Å². The van der Waals surface area contributed by atoms with Gasteiger partial charge in [0.2, 0.25) is 0 Å². The summed E-state index contributed by atoms with van der Waals surface area (Å²) in [6.45, 7) is 0. The summed E-state index contributed by atoms with van der Waals surface area (Å²) in [5.74, 6) is 0.828. The second-order valence-electron chi connectivity index (χ2n) is 6.04. The Morgan fingerprint density at radius 2 is 1.73 bits per heavy atom. The Kier molecular flexibility index (Phi) is 2.83. The van der Waals surface area contributed by atoms with E-state index in [0.717, 1.165) is 35.8 Å². The van der Waals surface area contributed by atoms with Gasteiger partial charge in [0.25, 0.3) is 0 Å². The number of carbonyl (C=O) groups excluding carboxylic acids is 1. The molecule has 2 aromatic rings. The van der Waals surface area contributed by atoms with E-state index in [1.54, 1.807) is 24.3 Å². The van der Waals surface area contributed by atoms with Crippen LogP contribution in [0.2, 0.25) is 0 Å². The largest absolute Gasteiger partial charge is 0.508 e. The molecule has 0 heterocycles. The second kappa shape index (κ2) is 4.73. The van der Waals surface area contributed by atoms with E-state index in [2.05, 4.69) is 12.2 Å². The van der Waals surface area contributed by atoms with Gasteiger partial charge in [-0.25, -0.2) is 0 Å². The lowest BCUT2D eigenvalue weighted by Crippen LogP contribution is -2.17. The van der Waals surface area contributed by atoms with Gasteiger partial charge >= 0.3 is 0 Å². The van der Waals surface area contributed by atoms with Gasteiger partial charge in [0.05, 0.1) is 0 Å². The Hall–Kier alpha value is -2.55. The van der Waals surface area contributed by atoms with E-state index < -0.39 is 0 Å². The van der Waals surface area contributed by atoms with Gasteiger partial charge in [-0.2, -0.15) is 0 Å². The summed E-state index contributed by atoms with van der Waals surface area (Å²) in [5, 5.41) is 21.2. The summed E-state index contributed by atoms with van der Waals surface area (Å²) in [6.07, 6.45) is 7.05. The van der Waals surface area contributed by atoms with Crippen LogP contribution in [0.25, 0.3) is 11.1 Å². The summed E-state index contributed by atoms with van der Waals surface area (Å²) in [7, 11) is 0. The molecule has 2 atom stereocenters. The lowest BCUT2D eigenvalue weighted by atomic mass is 9.70. The van der Waals surface area contributed by atoms with Crippen LogP contribution in [0.5, 0.6) is 11.5 Å². The Balaban J connectivity index is 1.95. The maximum atomic E-state index is 11.0. The average molecular weight is 292 g/mol. The van der Waals surface area contributed by atoms with E-state index in [9.17, 15) is 15.0 Å². The van der Waals surface area contributed by atoms with Crippen molar-refractivity contribution >= 4 is 6.29 Å². The first kappa shape index (κ1) is 13.1. The molecule has 5 rings (SSSR count). The Morgan fingerprint density at radius 3 is 2.41 bits per heavy atom. The monoisotopic (exact) mass is 292 g/mol. The standard InChI is InChI=1S/C19H16O3/c20-10-11-2-1-3-14(8-11)15-9-16(21)17-12-4-6-13(7-5-12)18(17)19(15)22/h1-4,6,8-10,12-13,21-22H,5,7H2. The van der Waals surface area contributed by atoms with Gasteiger partial charge in [-0.15, -0.1) is 0 Å². The highest BCUT2D eigenvalue weighted by Gasteiger charge is 2.34. The number of carbonyl (C=O) groups is 1. The molecule has 3 nitrogen and oxygen atoms in total. The molecule has 110 valence electrons. The number of fused-ring (bicyclic) bond motifs is 1. The van der Waals surface area contributed by atoms with Crippen LogP contribution in [0.3, 0.4) is 0 Å². The molecule has 2 unspecified atom stereocenters. The number of phenolic OH excluding ortho intramolecular Hbond substituents is 2. The fourth-order valence-corrected chi connectivity index (χ4v) is 3.76. The number of phenols is 2. The van der Waals surface area contributed by atoms with Crippen LogP contribution < -0.4 is 0 Å². The summed E-state index contributed by atoms with van der Waals surface area (Å²) in [4.78, 5) is 11.0. The van der Waals surface area contributed by atoms with E-state index in [1.807, 2.05) is 6.07 Å². The van der Waals surface area contributed by atoms with Crippen LogP contribution in [-0.2, 0) is 0 Å². The predicted molar refractivity (Wildman–Crippen MR) is 84.5 cm³/mol. The lowest BCUT2D eigenvalue weighted by molar-refractivity contribution is 0.112. The summed E-state index contributed by atoms with van der Waals surface area (Å²) in [6, 6.07) is 8.68. The topological polar surface area (TPSA) is 57.5 Å². The highest BCUT2D eigenvalue weighted by Crippen LogP contribution is 2.54. The molecule has 0 fully saturated rings. The Bertz CT molecular complexity index is 805. The van der Waals surface area contributed by atoms with E-state index in [0.29, 0.717) is 11.1 Å². The molecule has 22 heavy (non-hydrogen) atoms. The van der Waals surface area contributed by atoms with E-state index in [4.69, 9.17) is 0 Å². The minimum absolute atomic E-state index is 0.167. The van der Waals surface area contributed by atoms with Crippen molar-refractivity contribution < 1.29 is 15.0 Å². The third-order valence-corrected chi connectivity index (χ3v) is 4.80. The second-order valence-corrected chi connectivity index (χ2v) is 6.04. The highest BCUT2D eigenvalue weighted by molar-refractivity contribution is 5.82. The molecular formula is C19H16O3. The zero-order chi connectivity index (χ0) is 15.3. The molecule has 3 aliphatic carbocycles. The number of aromatic hydroxyl groups is 2. The average Bonchev–Trinajstić information content (AvgIpc) is 2.58. The summed E-state index contributed by atoms with van der Waals surface area (Å²) < 4.78 is 0. The molecule has 3 heteroatoms. The van der Waals surface area contributed by atoms with Gasteiger partial charge in [-0.1, -0.05) is 30.4 Å². The van der Waals surface area contributed by atoms with Crippen molar-refractivity contribution in [3.63, 3.8) is 0 Å². The summed E-state index contributed by atoms with van der Waals surface area (Å²) in [5.41, 5.74) is 3.60. The van der Waals surface area contributed by atoms with Gasteiger partial charge in [0, 0.05) is 34.1 Å². The molecule has 0 saturated carbocycles. The van der Waals surface area contributed by atoms with Gasteiger partial charge in [0.1, 0.15) is 17.8 Å². The van der Waals surface area contributed by atoms with Crippen molar-refractivity contribution in [2.45, 2.75) is 24.7 Å². The Labute approximate surface area is 128 Å².